The van der Waals surface area contributed by atoms with Gasteiger partial charge in [-0.3, -0.25) is 4.57 Å². The molecule has 108 valence electrons. The number of benzene rings is 1. The SMILES string of the molecule is CCOc1ccccc1-n1ccnc1NCCCOC. The zero-order chi connectivity index (χ0) is 14.2. The molecule has 0 aliphatic heterocycles. The first-order valence-corrected chi connectivity index (χ1v) is 6.85. The summed E-state index contributed by atoms with van der Waals surface area (Å²) in [6.07, 6.45) is 4.65. The molecule has 0 aliphatic carbocycles. The van der Waals surface area contributed by atoms with E-state index in [1.165, 1.54) is 0 Å². The van der Waals surface area contributed by atoms with Gasteiger partial charge in [-0.25, -0.2) is 4.98 Å². The highest BCUT2D eigenvalue weighted by Gasteiger charge is 2.09. The van der Waals surface area contributed by atoms with Crippen molar-refractivity contribution < 1.29 is 9.47 Å². The van der Waals surface area contributed by atoms with E-state index < -0.39 is 0 Å². The van der Waals surface area contributed by atoms with E-state index in [1.54, 1.807) is 13.3 Å². The number of ether oxygens (including phenoxy) is 2. The van der Waals surface area contributed by atoms with Crippen LogP contribution in [-0.4, -0.2) is 36.4 Å². The molecule has 0 aliphatic rings. The van der Waals surface area contributed by atoms with Gasteiger partial charge in [0.2, 0.25) is 5.95 Å². The highest BCUT2D eigenvalue weighted by Crippen LogP contribution is 2.25. The quantitative estimate of drug-likeness (QED) is 0.753. The van der Waals surface area contributed by atoms with Gasteiger partial charge in [0.15, 0.2) is 0 Å². The second-order valence-corrected chi connectivity index (χ2v) is 4.29. The molecule has 0 atom stereocenters. The van der Waals surface area contributed by atoms with Gasteiger partial charge in [0, 0.05) is 32.7 Å². The first kappa shape index (κ1) is 14.4. The zero-order valence-electron chi connectivity index (χ0n) is 12.0. The largest absolute Gasteiger partial charge is 0.492 e. The molecule has 2 rings (SSSR count). The Kier molecular flexibility index (Phi) is 5.43. The summed E-state index contributed by atoms with van der Waals surface area (Å²) in [6, 6.07) is 7.95. The van der Waals surface area contributed by atoms with Gasteiger partial charge < -0.3 is 14.8 Å². The fraction of sp³-hybridized carbons (Fsp3) is 0.400. The van der Waals surface area contributed by atoms with E-state index in [-0.39, 0.29) is 0 Å². The zero-order valence-corrected chi connectivity index (χ0v) is 12.0. The first-order valence-electron chi connectivity index (χ1n) is 6.85. The second kappa shape index (κ2) is 7.55. The van der Waals surface area contributed by atoms with E-state index in [0.717, 1.165) is 37.0 Å². The van der Waals surface area contributed by atoms with E-state index in [2.05, 4.69) is 10.3 Å². The van der Waals surface area contributed by atoms with Crippen LogP contribution in [0.4, 0.5) is 5.95 Å². The Hall–Kier alpha value is -2.01. The number of nitrogens with zero attached hydrogens (tertiary/aromatic N) is 2. The van der Waals surface area contributed by atoms with E-state index in [9.17, 15) is 0 Å². The fourth-order valence-electron chi connectivity index (χ4n) is 1.98. The van der Waals surface area contributed by atoms with E-state index in [1.807, 2.05) is 42.0 Å². The molecular formula is C15H21N3O2. The van der Waals surface area contributed by atoms with Crippen molar-refractivity contribution in [2.24, 2.45) is 0 Å². The Morgan fingerprint density at radius 1 is 1.30 bits per heavy atom. The Balaban J connectivity index is 2.15. The van der Waals surface area contributed by atoms with Crippen molar-refractivity contribution in [1.82, 2.24) is 9.55 Å². The Labute approximate surface area is 119 Å². The molecule has 1 aromatic heterocycles. The molecule has 0 amide bonds. The maximum atomic E-state index is 5.66. The molecule has 0 radical (unpaired) electrons. The fourth-order valence-corrected chi connectivity index (χ4v) is 1.98. The van der Waals surface area contributed by atoms with Crippen LogP contribution in [0.15, 0.2) is 36.7 Å². The summed E-state index contributed by atoms with van der Waals surface area (Å²) in [5, 5.41) is 3.31. The number of hydrogen-bond acceptors (Lipinski definition) is 4. The minimum absolute atomic E-state index is 0.641. The third-order valence-corrected chi connectivity index (χ3v) is 2.87. The van der Waals surface area contributed by atoms with Crippen LogP contribution in [0, 0.1) is 0 Å². The molecule has 5 heteroatoms. The van der Waals surface area contributed by atoms with Crippen LogP contribution in [0.2, 0.25) is 0 Å². The topological polar surface area (TPSA) is 48.3 Å². The van der Waals surface area contributed by atoms with Crippen LogP contribution >= 0.6 is 0 Å². The van der Waals surface area contributed by atoms with Gasteiger partial charge >= 0.3 is 0 Å². The molecule has 0 saturated carbocycles. The molecule has 1 heterocycles. The average Bonchev–Trinajstić information content (AvgIpc) is 2.93. The van der Waals surface area contributed by atoms with E-state index in [4.69, 9.17) is 9.47 Å². The molecule has 0 unspecified atom stereocenters. The number of rotatable bonds is 8. The van der Waals surface area contributed by atoms with Gasteiger partial charge in [-0.2, -0.15) is 0 Å². The standard InChI is InChI=1S/C15H21N3O2/c1-3-20-14-8-5-4-7-13(14)18-11-10-17-15(18)16-9-6-12-19-2/h4-5,7-8,10-11H,3,6,9,12H2,1-2H3,(H,16,17). The summed E-state index contributed by atoms with van der Waals surface area (Å²) in [4.78, 5) is 4.35. The molecule has 5 nitrogen and oxygen atoms in total. The number of imidazole rings is 1. The second-order valence-electron chi connectivity index (χ2n) is 4.29. The summed E-state index contributed by atoms with van der Waals surface area (Å²) in [5.41, 5.74) is 0.987. The van der Waals surface area contributed by atoms with Crippen molar-refractivity contribution in [3.8, 4) is 11.4 Å². The van der Waals surface area contributed by atoms with E-state index >= 15 is 0 Å². The summed E-state index contributed by atoms with van der Waals surface area (Å²) >= 11 is 0. The van der Waals surface area contributed by atoms with Crippen molar-refractivity contribution in [2.75, 3.05) is 32.2 Å². The third-order valence-electron chi connectivity index (χ3n) is 2.87. The van der Waals surface area contributed by atoms with Crippen molar-refractivity contribution >= 4 is 5.95 Å². The lowest BCUT2D eigenvalue weighted by Gasteiger charge is -2.13. The number of para-hydroxylation sites is 2. The first-order chi connectivity index (χ1) is 9.86. The number of hydrogen-bond donors (Lipinski definition) is 1. The molecule has 0 spiro atoms. The van der Waals surface area contributed by atoms with Crippen LogP contribution in [-0.2, 0) is 4.74 Å². The molecule has 1 N–H and O–H groups in total. The normalized spacial score (nSPS) is 10.5. The molecule has 20 heavy (non-hydrogen) atoms. The lowest BCUT2D eigenvalue weighted by atomic mass is 10.3. The smallest absolute Gasteiger partial charge is 0.207 e. The molecule has 0 bridgehead atoms. The van der Waals surface area contributed by atoms with Crippen LogP contribution in [0.1, 0.15) is 13.3 Å². The molecule has 1 aromatic carbocycles. The van der Waals surface area contributed by atoms with Crippen LogP contribution in [0.3, 0.4) is 0 Å². The number of aromatic nitrogens is 2. The van der Waals surface area contributed by atoms with Gasteiger partial charge in [0.1, 0.15) is 5.75 Å². The van der Waals surface area contributed by atoms with Crippen molar-refractivity contribution in [3.63, 3.8) is 0 Å². The molecule has 0 fully saturated rings. The Bertz CT molecular complexity index is 525. The van der Waals surface area contributed by atoms with Crippen LogP contribution in [0.5, 0.6) is 5.75 Å². The minimum atomic E-state index is 0.641. The van der Waals surface area contributed by atoms with Crippen molar-refractivity contribution in [1.29, 1.82) is 0 Å². The molecule has 0 saturated heterocycles. The predicted molar refractivity (Wildman–Crippen MR) is 79.7 cm³/mol. The Morgan fingerprint density at radius 2 is 2.15 bits per heavy atom. The van der Waals surface area contributed by atoms with Gasteiger partial charge in [-0.1, -0.05) is 12.1 Å². The average molecular weight is 275 g/mol. The van der Waals surface area contributed by atoms with E-state index in [0.29, 0.717) is 6.61 Å². The van der Waals surface area contributed by atoms with Crippen LogP contribution in [0.25, 0.3) is 5.69 Å². The van der Waals surface area contributed by atoms with Gasteiger partial charge in [0.05, 0.1) is 12.3 Å². The Morgan fingerprint density at radius 3 is 2.95 bits per heavy atom. The highest BCUT2D eigenvalue weighted by molar-refractivity contribution is 5.51. The summed E-state index contributed by atoms with van der Waals surface area (Å²) in [6.45, 7) is 4.18. The van der Waals surface area contributed by atoms with Gasteiger partial charge in [-0.15, -0.1) is 0 Å². The summed E-state index contributed by atoms with van der Waals surface area (Å²) < 4.78 is 12.7. The maximum absolute atomic E-state index is 5.66. The molecular weight excluding hydrogens is 254 g/mol. The number of anilines is 1. The minimum Gasteiger partial charge on any atom is -0.492 e. The van der Waals surface area contributed by atoms with Crippen molar-refractivity contribution in [3.05, 3.63) is 36.7 Å². The lowest BCUT2D eigenvalue weighted by Crippen LogP contribution is -2.10. The van der Waals surface area contributed by atoms with Gasteiger partial charge in [0.25, 0.3) is 0 Å². The number of methoxy groups -OCH3 is 1. The van der Waals surface area contributed by atoms with Gasteiger partial charge in [-0.05, 0) is 25.5 Å². The number of nitrogens with one attached hydrogen (secondary N) is 1. The summed E-state index contributed by atoms with van der Waals surface area (Å²) in [7, 11) is 1.71. The monoisotopic (exact) mass is 275 g/mol. The van der Waals surface area contributed by atoms with Crippen LogP contribution < -0.4 is 10.1 Å². The molecule has 2 aromatic rings. The summed E-state index contributed by atoms with van der Waals surface area (Å²) in [5.74, 6) is 1.67. The van der Waals surface area contributed by atoms with Crippen molar-refractivity contribution in [2.45, 2.75) is 13.3 Å². The maximum Gasteiger partial charge on any atom is 0.207 e. The lowest BCUT2D eigenvalue weighted by molar-refractivity contribution is 0.197. The predicted octanol–water partition coefficient (Wildman–Crippen LogP) is 2.72. The third kappa shape index (κ3) is 3.51. The highest BCUT2D eigenvalue weighted by atomic mass is 16.5.